The number of rotatable bonds is 42. The van der Waals surface area contributed by atoms with E-state index in [4.69, 9.17) is 18.5 Å². The zero-order chi connectivity index (χ0) is 41.9. The second kappa shape index (κ2) is 42.1. The Morgan fingerprint density at radius 2 is 0.965 bits per heavy atom. The minimum absolute atomic E-state index is 0.00197. The number of hydrogen-bond donors (Lipinski definition) is 1. The molecule has 1 N–H and O–H groups in total. The van der Waals surface area contributed by atoms with Gasteiger partial charge in [-0.15, -0.1) is 0 Å². The molecule has 0 aliphatic rings. The zero-order valence-electron chi connectivity index (χ0n) is 37.0. The zero-order valence-corrected chi connectivity index (χ0v) is 37.9. The van der Waals surface area contributed by atoms with Gasteiger partial charge in [-0.3, -0.25) is 18.6 Å². The van der Waals surface area contributed by atoms with Gasteiger partial charge in [0.2, 0.25) is 0 Å². The first kappa shape index (κ1) is 55.0. The Hall–Kier alpha value is -2.03. The molecule has 0 saturated carbocycles. The van der Waals surface area contributed by atoms with Crippen LogP contribution in [0.2, 0.25) is 0 Å². The molecular weight excluding hydrogens is 737 g/mol. The third-order valence-electron chi connectivity index (χ3n) is 9.61. The van der Waals surface area contributed by atoms with Crippen molar-refractivity contribution in [1.29, 1.82) is 0 Å². The molecule has 0 bridgehead atoms. The van der Waals surface area contributed by atoms with Crippen molar-refractivity contribution in [2.75, 3.05) is 40.5 Å². The fraction of sp³-hybridized carbons (Fsp3) is 0.787. The summed E-state index contributed by atoms with van der Waals surface area (Å²) in [6.07, 6.45) is 47.3. The molecule has 0 aliphatic carbocycles. The third-order valence-corrected chi connectivity index (χ3v) is 10.6. The molecule has 332 valence electrons. The van der Waals surface area contributed by atoms with Crippen molar-refractivity contribution in [1.82, 2.24) is 4.90 Å². The lowest BCUT2D eigenvalue weighted by Crippen LogP contribution is -2.29. The lowest BCUT2D eigenvalue weighted by atomic mass is 10.1. The quantitative estimate of drug-likeness (QED) is 0.0278. The molecule has 0 amide bonds. The van der Waals surface area contributed by atoms with Gasteiger partial charge >= 0.3 is 19.8 Å². The summed E-state index contributed by atoms with van der Waals surface area (Å²) in [6, 6.07) is 0. The predicted octanol–water partition coefficient (Wildman–Crippen LogP) is 13.3. The highest BCUT2D eigenvalue weighted by molar-refractivity contribution is 7.47. The Labute approximate surface area is 350 Å². The van der Waals surface area contributed by atoms with Crippen LogP contribution in [0.15, 0.2) is 48.6 Å². The van der Waals surface area contributed by atoms with Gasteiger partial charge < -0.3 is 19.3 Å². The van der Waals surface area contributed by atoms with Gasteiger partial charge in [0.25, 0.3) is 0 Å². The molecule has 0 heterocycles. The van der Waals surface area contributed by atoms with E-state index in [0.29, 0.717) is 19.4 Å². The lowest BCUT2D eigenvalue weighted by Gasteiger charge is -2.20. The monoisotopic (exact) mass is 824 g/mol. The van der Waals surface area contributed by atoms with E-state index >= 15 is 0 Å². The van der Waals surface area contributed by atoms with Crippen LogP contribution in [0.4, 0.5) is 0 Å². The number of phosphoric ester groups is 1. The SMILES string of the molecule is CCCCCCCC/C=C\C/C=C\C/C=C\CCCC(=O)OCC(COP(=O)(O)OCCN(C)C)OC(=O)CCCCCCCCC/C=C\CCCCCCCC. The van der Waals surface area contributed by atoms with E-state index in [1.165, 1.54) is 103 Å². The van der Waals surface area contributed by atoms with Crippen LogP contribution in [0.5, 0.6) is 0 Å². The number of carbonyl (C=O) groups excluding carboxylic acids is 2. The maximum absolute atomic E-state index is 12.7. The van der Waals surface area contributed by atoms with Gasteiger partial charge in [-0.1, -0.05) is 159 Å². The molecule has 0 aromatic rings. The fourth-order valence-electron chi connectivity index (χ4n) is 6.05. The number of phosphoric acid groups is 1. The van der Waals surface area contributed by atoms with Crippen LogP contribution < -0.4 is 0 Å². The van der Waals surface area contributed by atoms with Crippen LogP contribution in [0.25, 0.3) is 0 Å². The second-order valence-electron chi connectivity index (χ2n) is 15.6. The summed E-state index contributed by atoms with van der Waals surface area (Å²) in [7, 11) is -0.736. The highest BCUT2D eigenvalue weighted by atomic mass is 31.2. The molecule has 0 fully saturated rings. The molecule has 9 nitrogen and oxygen atoms in total. The van der Waals surface area contributed by atoms with Crippen molar-refractivity contribution >= 4 is 19.8 Å². The third kappa shape index (κ3) is 43.4. The first-order chi connectivity index (χ1) is 27.7. The summed E-state index contributed by atoms with van der Waals surface area (Å²) in [5.74, 6) is -0.868. The molecule has 0 aromatic carbocycles. The Balaban J connectivity index is 4.35. The first-order valence-electron chi connectivity index (χ1n) is 22.9. The molecule has 2 atom stereocenters. The molecule has 2 unspecified atom stereocenters. The van der Waals surface area contributed by atoms with Crippen LogP contribution in [0.1, 0.15) is 194 Å². The normalized spacial score (nSPS) is 13.8. The Morgan fingerprint density at radius 3 is 1.47 bits per heavy atom. The van der Waals surface area contributed by atoms with E-state index in [1.807, 2.05) is 19.0 Å². The Bertz CT molecular complexity index is 1090. The minimum atomic E-state index is -4.38. The number of nitrogens with zero attached hydrogens (tertiary/aromatic N) is 1. The van der Waals surface area contributed by atoms with Gasteiger partial charge in [0.15, 0.2) is 6.10 Å². The Morgan fingerprint density at radius 1 is 0.544 bits per heavy atom. The van der Waals surface area contributed by atoms with Crippen LogP contribution in [0.3, 0.4) is 0 Å². The molecule has 0 aliphatic heterocycles. The van der Waals surface area contributed by atoms with E-state index in [9.17, 15) is 19.0 Å². The summed E-state index contributed by atoms with van der Waals surface area (Å²) in [5.41, 5.74) is 0. The van der Waals surface area contributed by atoms with Gasteiger partial charge in [0, 0.05) is 19.4 Å². The minimum Gasteiger partial charge on any atom is -0.462 e. The molecule has 10 heteroatoms. The van der Waals surface area contributed by atoms with E-state index in [0.717, 1.165) is 51.4 Å². The van der Waals surface area contributed by atoms with E-state index in [1.54, 1.807) is 0 Å². The van der Waals surface area contributed by atoms with Crippen molar-refractivity contribution in [3.63, 3.8) is 0 Å². The largest absolute Gasteiger partial charge is 0.472 e. The maximum atomic E-state index is 12.7. The van der Waals surface area contributed by atoms with Gasteiger partial charge in [-0.25, -0.2) is 4.57 Å². The summed E-state index contributed by atoms with van der Waals surface area (Å²) < 4.78 is 33.4. The molecule has 57 heavy (non-hydrogen) atoms. The van der Waals surface area contributed by atoms with Gasteiger partial charge in [0.05, 0.1) is 13.2 Å². The molecular formula is C47H86NO8P. The standard InChI is InChI=1S/C47H86NO8P/c1-5-7-9-11-13-15-17-19-21-23-25-27-29-31-33-35-37-39-46(49)53-43-45(44-55-57(51,52)54-42-41-48(3)4)56-47(50)40-38-36-34-32-30-28-26-24-22-20-18-16-14-12-10-8-6-2/h19-22,25,27,31,33,45H,5-18,23-24,26,28-30,32,34-44H2,1-4H3,(H,51,52)/b21-19-,22-20-,27-25-,33-31-. The van der Waals surface area contributed by atoms with Crippen LogP contribution >= 0.6 is 7.82 Å². The number of carbonyl (C=O) groups is 2. The Kier molecular flexibility index (Phi) is 40.6. The molecule has 0 rings (SSSR count). The summed E-state index contributed by atoms with van der Waals surface area (Å²) >= 11 is 0. The number of esters is 2. The van der Waals surface area contributed by atoms with Gasteiger partial charge in [-0.05, 0) is 84.7 Å². The summed E-state index contributed by atoms with van der Waals surface area (Å²) in [5, 5.41) is 0. The van der Waals surface area contributed by atoms with Crippen molar-refractivity contribution < 1.29 is 37.6 Å². The maximum Gasteiger partial charge on any atom is 0.472 e. The van der Waals surface area contributed by atoms with Crippen molar-refractivity contribution in [3.8, 4) is 0 Å². The predicted molar refractivity (Wildman–Crippen MR) is 238 cm³/mol. The van der Waals surface area contributed by atoms with Crippen LogP contribution in [-0.2, 0) is 32.7 Å². The van der Waals surface area contributed by atoms with Crippen molar-refractivity contribution in [3.05, 3.63) is 48.6 Å². The van der Waals surface area contributed by atoms with E-state index in [2.05, 4.69) is 62.5 Å². The summed E-state index contributed by atoms with van der Waals surface area (Å²) in [4.78, 5) is 37.0. The fourth-order valence-corrected chi connectivity index (χ4v) is 6.79. The van der Waals surface area contributed by atoms with Crippen molar-refractivity contribution in [2.24, 2.45) is 0 Å². The molecule has 0 spiro atoms. The molecule has 0 radical (unpaired) electrons. The average Bonchev–Trinajstić information content (AvgIpc) is 3.18. The smallest absolute Gasteiger partial charge is 0.462 e. The highest BCUT2D eigenvalue weighted by Gasteiger charge is 2.26. The first-order valence-corrected chi connectivity index (χ1v) is 24.4. The highest BCUT2D eigenvalue weighted by Crippen LogP contribution is 2.43. The van der Waals surface area contributed by atoms with Crippen molar-refractivity contribution in [2.45, 2.75) is 200 Å². The van der Waals surface area contributed by atoms with Gasteiger partial charge in [0.1, 0.15) is 6.61 Å². The molecule has 0 saturated heterocycles. The van der Waals surface area contributed by atoms with Crippen LogP contribution in [0, 0.1) is 0 Å². The van der Waals surface area contributed by atoms with Gasteiger partial charge in [-0.2, -0.15) is 0 Å². The topological polar surface area (TPSA) is 112 Å². The molecule has 0 aromatic heterocycles. The number of unbranched alkanes of at least 4 members (excludes halogenated alkanes) is 20. The number of ether oxygens (including phenoxy) is 2. The van der Waals surface area contributed by atoms with E-state index < -0.39 is 32.5 Å². The second-order valence-corrected chi connectivity index (χ2v) is 17.0. The van der Waals surface area contributed by atoms with Crippen LogP contribution in [-0.4, -0.2) is 68.3 Å². The number of likely N-dealkylation sites (N-methyl/N-ethyl adjacent to an activating group) is 1. The average molecular weight is 824 g/mol. The summed E-state index contributed by atoms with van der Waals surface area (Å²) in [6.45, 7) is 4.25. The van der Waals surface area contributed by atoms with E-state index in [-0.39, 0.29) is 26.1 Å². The number of hydrogen-bond acceptors (Lipinski definition) is 8. The number of allylic oxidation sites excluding steroid dienone is 8. The lowest BCUT2D eigenvalue weighted by molar-refractivity contribution is -0.161.